The van der Waals surface area contributed by atoms with E-state index in [0.717, 1.165) is 16.9 Å². The number of carbonyl (C=O) groups excluding carboxylic acids is 1. The number of hydrogen-bond donors (Lipinski definition) is 1. The average molecular weight is 410 g/mol. The number of furan rings is 1. The van der Waals surface area contributed by atoms with Gasteiger partial charge in [-0.05, 0) is 36.4 Å². The second kappa shape index (κ2) is 8.84. The summed E-state index contributed by atoms with van der Waals surface area (Å²) in [6, 6.07) is 18.7. The molecule has 0 aliphatic heterocycles. The maximum Gasteiger partial charge on any atom is 0.286 e. The van der Waals surface area contributed by atoms with Gasteiger partial charge < -0.3 is 19.0 Å². The number of para-hydroxylation sites is 3. The zero-order valence-electron chi connectivity index (χ0n) is 15.7. The average Bonchev–Trinajstić information content (AvgIpc) is 3.38. The van der Waals surface area contributed by atoms with Crippen LogP contribution in [0.25, 0.3) is 11.0 Å². The fourth-order valence-electron chi connectivity index (χ4n) is 3.16. The number of carbonyl (C=O) groups is 1. The minimum atomic E-state index is -0.236. The molecule has 2 heterocycles. The van der Waals surface area contributed by atoms with Crippen LogP contribution in [0.2, 0.25) is 5.02 Å². The van der Waals surface area contributed by atoms with Gasteiger partial charge in [-0.3, -0.25) is 4.79 Å². The first-order valence-corrected chi connectivity index (χ1v) is 9.73. The Morgan fingerprint density at radius 1 is 1.10 bits per heavy atom. The monoisotopic (exact) mass is 409 g/mol. The lowest BCUT2D eigenvalue weighted by atomic mass is 10.3. The van der Waals surface area contributed by atoms with Crippen LogP contribution in [0, 0.1) is 0 Å². The number of nitrogens with zero attached hydrogens (tertiary/aromatic N) is 2. The van der Waals surface area contributed by atoms with Gasteiger partial charge in [0.15, 0.2) is 5.76 Å². The largest absolute Gasteiger partial charge is 0.490 e. The Morgan fingerprint density at radius 2 is 1.93 bits per heavy atom. The SMILES string of the molecule is O=C(NCCc1nc2ccccc2n1CCOc1ccccc1Cl)c1ccco1. The molecule has 0 aliphatic carbocycles. The predicted molar refractivity (Wildman–Crippen MR) is 111 cm³/mol. The number of halogens is 1. The molecule has 1 N–H and O–H groups in total. The first kappa shape index (κ1) is 19.1. The van der Waals surface area contributed by atoms with E-state index in [-0.39, 0.29) is 5.91 Å². The smallest absolute Gasteiger partial charge is 0.286 e. The number of imidazole rings is 1. The lowest BCUT2D eigenvalue weighted by molar-refractivity contribution is 0.0926. The third-order valence-electron chi connectivity index (χ3n) is 4.52. The van der Waals surface area contributed by atoms with Crippen LogP contribution in [0.15, 0.2) is 71.3 Å². The Balaban J connectivity index is 1.44. The number of benzene rings is 2. The molecule has 0 radical (unpaired) electrons. The highest BCUT2D eigenvalue weighted by atomic mass is 35.5. The molecule has 4 rings (SSSR count). The minimum Gasteiger partial charge on any atom is -0.490 e. The molecule has 0 saturated carbocycles. The van der Waals surface area contributed by atoms with Gasteiger partial charge in [0.2, 0.25) is 0 Å². The van der Waals surface area contributed by atoms with Gasteiger partial charge in [0.25, 0.3) is 5.91 Å². The van der Waals surface area contributed by atoms with Gasteiger partial charge >= 0.3 is 0 Å². The standard InChI is InChI=1S/C22H20ClN3O3/c23-16-6-1-4-9-19(16)29-15-13-26-18-8-3-2-7-17(18)25-21(26)11-12-24-22(27)20-10-5-14-28-20/h1-10,14H,11-13,15H2,(H,24,27). The Bertz CT molecular complexity index is 1110. The van der Waals surface area contributed by atoms with Crippen LogP contribution in [-0.2, 0) is 13.0 Å². The molecule has 29 heavy (non-hydrogen) atoms. The second-order valence-corrected chi connectivity index (χ2v) is 6.84. The van der Waals surface area contributed by atoms with E-state index in [1.54, 1.807) is 18.2 Å². The van der Waals surface area contributed by atoms with Crippen LogP contribution < -0.4 is 10.1 Å². The normalized spacial score (nSPS) is 10.9. The number of aromatic nitrogens is 2. The molecule has 148 valence electrons. The van der Waals surface area contributed by atoms with Crippen LogP contribution in [0.4, 0.5) is 0 Å². The van der Waals surface area contributed by atoms with E-state index >= 15 is 0 Å². The first-order valence-electron chi connectivity index (χ1n) is 9.35. The van der Waals surface area contributed by atoms with Crippen LogP contribution >= 0.6 is 11.6 Å². The maximum atomic E-state index is 12.0. The highest BCUT2D eigenvalue weighted by Crippen LogP contribution is 2.23. The summed E-state index contributed by atoms with van der Waals surface area (Å²) in [7, 11) is 0. The van der Waals surface area contributed by atoms with Crippen molar-refractivity contribution < 1.29 is 13.9 Å². The molecule has 2 aromatic heterocycles. The number of nitrogens with one attached hydrogen (secondary N) is 1. The summed E-state index contributed by atoms with van der Waals surface area (Å²) in [4.78, 5) is 16.8. The molecule has 0 spiro atoms. The van der Waals surface area contributed by atoms with E-state index in [4.69, 9.17) is 25.7 Å². The lowest BCUT2D eigenvalue weighted by Gasteiger charge is -2.12. The quantitative estimate of drug-likeness (QED) is 0.470. The number of ether oxygens (including phenoxy) is 1. The van der Waals surface area contributed by atoms with Crippen molar-refractivity contribution in [2.75, 3.05) is 13.2 Å². The van der Waals surface area contributed by atoms with E-state index in [9.17, 15) is 4.79 Å². The Kier molecular flexibility index (Phi) is 5.81. The van der Waals surface area contributed by atoms with Gasteiger partial charge in [-0.15, -0.1) is 0 Å². The maximum absolute atomic E-state index is 12.0. The minimum absolute atomic E-state index is 0.236. The highest BCUT2D eigenvalue weighted by Gasteiger charge is 2.12. The van der Waals surface area contributed by atoms with E-state index in [2.05, 4.69) is 9.88 Å². The first-order chi connectivity index (χ1) is 14.2. The zero-order valence-corrected chi connectivity index (χ0v) is 16.4. The fourth-order valence-corrected chi connectivity index (χ4v) is 3.35. The van der Waals surface area contributed by atoms with E-state index < -0.39 is 0 Å². The number of amides is 1. The van der Waals surface area contributed by atoms with Crippen LogP contribution in [0.5, 0.6) is 5.75 Å². The van der Waals surface area contributed by atoms with Crippen molar-refractivity contribution in [2.24, 2.45) is 0 Å². The van der Waals surface area contributed by atoms with Crippen LogP contribution in [0.3, 0.4) is 0 Å². The summed E-state index contributed by atoms with van der Waals surface area (Å²) in [5, 5.41) is 3.45. The molecule has 7 heteroatoms. The van der Waals surface area contributed by atoms with Crippen molar-refractivity contribution >= 4 is 28.5 Å². The summed E-state index contributed by atoms with van der Waals surface area (Å²) in [5.74, 6) is 1.60. The summed E-state index contributed by atoms with van der Waals surface area (Å²) < 4.78 is 13.1. The van der Waals surface area contributed by atoms with Crippen LogP contribution in [-0.4, -0.2) is 28.6 Å². The van der Waals surface area contributed by atoms with Crippen molar-refractivity contribution in [3.63, 3.8) is 0 Å². The molecule has 0 fully saturated rings. The van der Waals surface area contributed by atoms with E-state index in [0.29, 0.717) is 42.6 Å². The van der Waals surface area contributed by atoms with Crippen molar-refractivity contribution in [1.29, 1.82) is 0 Å². The molecule has 1 amide bonds. The van der Waals surface area contributed by atoms with E-state index in [1.165, 1.54) is 6.26 Å². The zero-order chi connectivity index (χ0) is 20.1. The molecule has 0 saturated heterocycles. The van der Waals surface area contributed by atoms with Crippen molar-refractivity contribution in [2.45, 2.75) is 13.0 Å². The molecule has 0 bridgehead atoms. The summed E-state index contributed by atoms with van der Waals surface area (Å²) in [5.41, 5.74) is 1.94. The van der Waals surface area contributed by atoms with Crippen molar-refractivity contribution in [3.8, 4) is 5.75 Å². The fraction of sp³-hybridized carbons (Fsp3) is 0.182. The molecule has 2 aromatic carbocycles. The molecule has 4 aromatic rings. The van der Waals surface area contributed by atoms with Gasteiger partial charge in [0.1, 0.15) is 18.2 Å². The Morgan fingerprint density at radius 3 is 2.76 bits per heavy atom. The van der Waals surface area contributed by atoms with Gasteiger partial charge in [-0.2, -0.15) is 0 Å². The van der Waals surface area contributed by atoms with Crippen LogP contribution in [0.1, 0.15) is 16.4 Å². The molecular weight excluding hydrogens is 390 g/mol. The predicted octanol–water partition coefficient (Wildman–Crippen LogP) is 4.33. The molecule has 0 atom stereocenters. The molecule has 0 unspecified atom stereocenters. The summed E-state index contributed by atoms with van der Waals surface area (Å²) in [6.45, 7) is 1.53. The molecule has 6 nitrogen and oxygen atoms in total. The number of rotatable bonds is 8. The van der Waals surface area contributed by atoms with Crippen molar-refractivity contribution in [1.82, 2.24) is 14.9 Å². The van der Waals surface area contributed by atoms with Gasteiger partial charge in [-0.1, -0.05) is 35.9 Å². The Labute approximate surface area is 173 Å². The lowest BCUT2D eigenvalue weighted by Crippen LogP contribution is -2.26. The molecule has 0 aliphatic rings. The number of hydrogen-bond acceptors (Lipinski definition) is 4. The second-order valence-electron chi connectivity index (χ2n) is 6.43. The van der Waals surface area contributed by atoms with Gasteiger partial charge in [0.05, 0.1) is 28.9 Å². The summed E-state index contributed by atoms with van der Waals surface area (Å²) >= 11 is 6.16. The topological polar surface area (TPSA) is 69.3 Å². The third-order valence-corrected chi connectivity index (χ3v) is 4.83. The van der Waals surface area contributed by atoms with Crippen molar-refractivity contribution in [3.05, 3.63) is 83.5 Å². The summed E-state index contributed by atoms with van der Waals surface area (Å²) in [6.07, 6.45) is 2.07. The highest BCUT2D eigenvalue weighted by molar-refractivity contribution is 6.32. The van der Waals surface area contributed by atoms with Gasteiger partial charge in [0, 0.05) is 13.0 Å². The van der Waals surface area contributed by atoms with Gasteiger partial charge in [-0.25, -0.2) is 4.98 Å². The number of fused-ring (bicyclic) bond motifs is 1. The Hall–Kier alpha value is -3.25. The molecular formula is C22H20ClN3O3. The van der Waals surface area contributed by atoms with E-state index in [1.807, 2.05) is 42.5 Å². The third kappa shape index (κ3) is 4.43.